The average Bonchev–Trinajstić information content (AvgIpc) is 2.94. The lowest BCUT2D eigenvalue weighted by Crippen LogP contribution is -2.42. The highest BCUT2D eigenvalue weighted by Gasteiger charge is 2.32. The second-order valence-electron chi connectivity index (χ2n) is 6.86. The van der Waals surface area contributed by atoms with Gasteiger partial charge in [0.25, 0.3) is 5.91 Å². The summed E-state index contributed by atoms with van der Waals surface area (Å²) in [6, 6.07) is 5.66. The largest absolute Gasteiger partial charge is 0.493 e. The molecule has 2 aliphatic heterocycles. The summed E-state index contributed by atoms with van der Waals surface area (Å²) in [6.45, 7) is 8.63. The van der Waals surface area contributed by atoms with Crippen molar-refractivity contribution in [1.29, 1.82) is 0 Å². The first-order valence-electron chi connectivity index (χ1n) is 9.38. The normalized spacial score (nSPS) is 19.7. The third-order valence-electron chi connectivity index (χ3n) is 4.47. The SMILES string of the molecule is COc1cc(C=C2SC(=S)N(CCN3CCOCC3)C2=O)ccc1OC(C)C. The highest BCUT2D eigenvalue weighted by Crippen LogP contribution is 2.35. The first kappa shape index (κ1) is 21.1. The van der Waals surface area contributed by atoms with Gasteiger partial charge in [0.2, 0.25) is 0 Å². The smallest absolute Gasteiger partial charge is 0.266 e. The van der Waals surface area contributed by atoms with Crippen LogP contribution >= 0.6 is 24.0 Å². The van der Waals surface area contributed by atoms with Gasteiger partial charge < -0.3 is 14.2 Å². The van der Waals surface area contributed by atoms with E-state index in [-0.39, 0.29) is 12.0 Å². The molecule has 8 heteroatoms. The van der Waals surface area contributed by atoms with Crippen LogP contribution in [0.15, 0.2) is 23.1 Å². The molecule has 2 aliphatic rings. The van der Waals surface area contributed by atoms with Crippen molar-refractivity contribution in [3.63, 3.8) is 0 Å². The van der Waals surface area contributed by atoms with Crippen LogP contribution in [0.5, 0.6) is 11.5 Å². The summed E-state index contributed by atoms with van der Waals surface area (Å²) in [6.07, 6.45) is 1.91. The van der Waals surface area contributed by atoms with Crippen molar-refractivity contribution in [2.24, 2.45) is 0 Å². The van der Waals surface area contributed by atoms with E-state index in [1.165, 1.54) is 11.8 Å². The molecule has 0 saturated carbocycles. The quantitative estimate of drug-likeness (QED) is 0.494. The van der Waals surface area contributed by atoms with Crippen molar-refractivity contribution in [2.75, 3.05) is 46.5 Å². The van der Waals surface area contributed by atoms with Gasteiger partial charge in [-0.05, 0) is 37.6 Å². The zero-order valence-corrected chi connectivity index (χ0v) is 18.1. The van der Waals surface area contributed by atoms with Crippen LogP contribution in [0.4, 0.5) is 0 Å². The van der Waals surface area contributed by atoms with Crippen LogP contribution in [0, 0.1) is 0 Å². The molecule has 28 heavy (non-hydrogen) atoms. The Morgan fingerprint density at radius 2 is 2.00 bits per heavy atom. The lowest BCUT2D eigenvalue weighted by Gasteiger charge is -2.28. The Morgan fingerprint density at radius 3 is 2.68 bits per heavy atom. The van der Waals surface area contributed by atoms with Crippen LogP contribution < -0.4 is 9.47 Å². The fourth-order valence-corrected chi connectivity index (χ4v) is 4.34. The highest BCUT2D eigenvalue weighted by atomic mass is 32.2. The van der Waals surface area contributed by atoms with E-state index in [0.29, 0.717) is 27.3 Å². The number of benzene rings is 1. The number of morpholine rings is 1. The van der Waals surface area contributed by atoms with Gasteiger partial charge in [0, 0.05) is 26.2 Å². The van der Waals surface area contributed by atoms with Crippen LogP contribution in [0.2, 0.25) is 0 Å². The van der Waals surface area contributed by atoms with E-state index in [1.807, 2.05) is 38.1 Å². The molecule has 0 atom stereocenters. The molecule has 6 nitrogen and oxygen atoms in total. The second-order valence-corrected chi connectivity index (χ2v) is 8.54. The molecule has 1 amide bonds. The molecule has 0 N–H and O–H groups in total. The summed E-state index contributed by atoms with van der Waals surface area (Å²) in [5.74, 6) is 1.29. The van der Waals surface area contributed by atoms with Crippen molar-refractivity contribution in [2.45, 2.75) is 20.0 Å². The van der Waals surface area contributed by atoms with Gasteiger partial charge in [-0.3, -0.25) is 14.6 Å². The van der Waals surface area contributed by atoms with Crippen LogP contribution in [0.3, 0.4) is 0 Å². The Labute approximate surface area is 175 Å². The van der Waals surface area contributed by atoms with Gasteiger partial charge in [-0.1, -0.05) is 30.0 Å². The Kier molecular flexibility index (Phi) is 7.34. The van der Waals surface area contributed by atoms with Gasteiger partial charge in [0.15, 0.2) is 11.5 Å². The van der Waals surface area contributed by atoms with Crippen molar-refractivity contribution in [3.8, 4) is 11.5 Å². The zero-order valence-electron chi connectivity index (χ0n) is 16.5. The Morgan fingerprint density at radius 1 is 1.25 bits per heavy atom. The average molecular weight is 423 g/mol. The zero-order chi connectivity index (χ0) is 20.1. The fraction of sp³-hybridized carbons (Fsp3) is 0.500. The van der Waals surface area contributed by atoms with E-state index in [4.69, 9.17) is 26.4 Å². The molecule has 0 aliphatic carbocycles. The van der Waals surface area contributed by atoms with Crippen molar-refractivity contribution < 1.29 is 19.0 Å². The van der Waals surface area contributed by atoms with Gasteiger partial charge in [0.05, 0.1) is 31.3 Å². The minimum absolute atomic E-state index is 0.0373. The van der Waals surface area contributed by atoms with E-state index in [1.54, 1.807) is 12.0 Å². The van der Waals surface area contributed by atoms with E-state index in [2.05, 4.69) is 4.90 Å². The maximum Gasteiger partial charge on any atom is 0.266 e. The molecule has 0 radical (unpaired) electrons. The molecule has 2 saturated heterocycles. The lowest BCUT2D eigenvalue weighted by molar-refractivity contribution is -0.122. The van der Waals surface area contributed by atoms with Crippen LogP contribution in [0.1, 0.15) is 19.4 Å². The Bertz CT molecular complexity index is 761. The summed E-state index contributed by atoms with van der Waals surface area (Å²) in [7, 11) is 1.61. The Hall–Kier alpha value is -1.61. The third kappa shape index (κ3) is 5.26. The van der Waals surface area contributed by atoms with E-state index >= 15 is 0 Å². The van der Waals surface area contributed by atoms with E-state index < -0.39 is 0 Å². The molecule has 1 aromatic carbocycles. The molecule has 152 valence electrons. The maximum absolute atomic E-state index is 12.8. The van der Waals surface area contributed by atoms with Crippen LogP contribution in [-0.2, 0) is 9.53 Å². The number of hydrogen-bond donors (Lipinski definition) is 0. The van der Waals surface area contributed by atoms with Crippen molar-refractivity contribution >= 4 is 40.3 Å². The number of hydrogen-bond acceptors (Lipinski definition) is 7. The number of carbonyl (C=O) groups excluding carboxylic acids is 1. The monoisotopic (exact) mass is 422 g/mol. The van der Waals surface area contributed by atoms with Crippen molar-refractivity contribution in [3.05, 3.63) is 28.7 Å². The summed E-state index contributed by atoms with van der Waals surface area (Å²) in [5.41, 5.74) is 0.877. The van der Waals surface area contributed by atoms with Gasteiger partial charge in [-0.15, -0.1) is 0 Å². The first-order valence-corrected chi connectivity index (χ1v) is 10.6. The number of nitrogens with zero attached hydrogens (tertiary/aromatic N) is 2. The highest BCUT2D eigenvalue weighted by molar-refractivity contribution is 8.26. The maximum atomic E-state index is 12.8. The number of amides is 1. The molecule has 3 rings (SSSR count). The molecular formula is C20H26N2O4S2. The lowest BCUT2D eigenvalue weighted by atomic mass is 10.2. The van der Waals surface area contributed by atoms with Crippen LogP contribution in [0.25, 0.3) is 6.08 Å². The standard InChI is InChI=1S/C20H26N2O4S2/c1-14(2)26-16-5-4-15(12-17(16)24-3)13-18-19(23)22(20(27)28-18)7-6-21-8-10-25-11-9-21/h4-5,12-14H,6-11H2,1-3H3. The third-order valence-corrected chi connectivity index (χ3v) is 5.84. The number of thioether (sulfide) groups is 1. The minimum Gasteiger partial charge on any atom is -0.493 e. The number of thiocarbonyl (C=S) groups is 1. The fourth-order valence-electron chi connectivity index (χ4n) is 3.04. The topological polar surface area (TPSA) is 51.2 Å². The molecule has 0 bridgehead atoms. The summed E-state index contributed by atoms with van der Waals surface area (Å²) < 4.78 is 17.1. The molecular weight excluding hydrogens is 396 g/mol. The molecule has 0 aromatic heterocycles. The van der Waals surface area contributed by atoms with Gasteiger partial charge in [0.1, 0.15) is 4.32 Å². The van der Waals surface area contributed by atoms with E-state index in [0.717, 1.165) is 38.4 Å². The summed E-state index contributed by atoms with van der Waals surface area (Å²) in [5, 5.41) is 0. The van der Waals surface area contributed by atoms with Gasteiger partial charge >= 0.3 is 0 Å². The second kappa shape index (κ2) is 9.73. The minimum atomic E-state index is -0.0373. The van der Waals surface area contributed by atoms with Crippen molar-refractivity contribution in [1.82, 2.24) is 9.80 Å². The molecule has 2 fully saturated rings. The molecule has 0 unspecified atom stereocenters. The first-order chi connectivity index (χ1) is 13.5. The Balaban J connectivity index is 1.68. The van der Waals surface area contributed by atoms with E-state index in [9.17, 15) is 4.79 Å². The van der Waals surface area contributed by atoms with Crippen LogP contribution in [-0.4, -0.2) is 72.6 Å². The van der Waals surface area contributed by atoms with Gasteiger partial charge in [-0.2, -0.15) is 0 Å². The summed E-state index contributed by atoms with van der Waals surface area (Å²) >= 11 is 6.78. The number of rotatable bonds is 7. The van der Waals surface area contributed by atoms with Gasteiger partial charge in [-0.25, -0.2) is 0 Å². The number of methoxy groups -OCH3 is 1. The predicted molar refractivity (Wildman–Crippen MR) is 116 cm³/mol. The number of ether oxygens (including phenoxy) is 3. The summed E-state index contributed by atoms with van der Waals surface area (Å²) in [4.78, 5) is 17.4. The number of carbonyl (C=O) groups is 1. The molecule has 1 aromatic rings. The molecule has 0 spiro atoms. The predicted octanol–water partition coefficient (Wildman–Crippen LogP) is 3.02. The molecule has 2 heterocycles.